The molecule has 60 heavy (non-hydrogen) atoms. The molecule has 0 saturated heterocycles. The zero-order valence-corrected chi connectivity index (χ0v) is 42.0. The summed E-state index contributed by atoms with van der Waals surface area (Å²) in [6, 6.07) is 29.3. The van der Waals surface area contributed by atoms with Crippen molar-refractivity contribution in [3.8, 4) is 6.07 Å². The molecule has 0 spiro atoms. The molecule has 0 atom stereocenters. The fourth-order valence-electron chi connectivity index (χ4n) is 7.30. The zero-order valence-electron chi connectivity index (χ0n) is 36.8. The van der Waals surface area contributed by atoms with Gasteiger partial charge in [0, 0.05) is 30.7 Å². The van der Waals surface area contributed by atoms with Crippen LogP contribution in [-0.2, 0) is 26.2 Å². The number of hydrogen-bond acceptors (Lipinski definition) is 3. The van der Waals surface area contributed by atoms with Crippen molar-refractivity contribution < 1.29 is 9.59 Å². The number of unbranched alkanes of at least 4 members (excludes halogenated alkanes) is 3. The van der Waals surface area contributed by atoms with Gasteiger partial charge < -0.3 is 9.80 Å². The summed E-state index contributed by atoms with van der Waals surface area (Å²) in [5, 5.41) is 9.69. The van der Waals surface area contributed by atoms with Crippen LogP contribution in [0, 0.1) is 11.3 Å². The Kier molecular flexibility index (Phi) is 26.8. The summed E-state index contributed by atoms with van der Waals surface area (Å²) >= 11 is 7.75. The van der Waals surface area contributed by atoms with Crippen LogP contribution in [0.5, 0.6) is 0 Å². The molecule has 4 aromatic rings. The molecule has 0 fully saturated rings. The van der Waals surface area contributed by atoms with Crippen molar-refractivity contribution in [2.24, 2.45) is 0 Å². The maximum absolute atomic E-state index is 12.5. The first-order chi connectivity index (χ1) is 28.6. The molecule has 2 amide bonds. The Morgan fingerprint density at radius 1 is 0.717 bits per heavy atom. The molecule has 2 aliphatic heterocycles. The number of halogens is 2. The summed E-state index contributed by atoms with van der Waals surface area (Å²) in [6.45, 7) is 25.2. The maximum Gasteiger partial charge on any atom is 0.256 e. The van der Waals surface area contributed by atoms with Gasteiger partial charge in [-0.15, -0.1) is 0 Å². The van der Waals surface area contributed by atoms with Crippen molar-refractivity contribution in [2.45, 2.75) is 134 Å². The summed E-state index contributed by atoms with van der Waals surface area (Å²) in [6.07, 6.45) is 10.2. The van der Waals surface area contributed by atoms with Crippen LogP contribution in [0.1, 0.15) is 149 Å². The van der Waals surface area contributed by atoms with Crippen LogP contribution < -0.4 is 0 Å². The summed E-state index contributed by atoms with van der Waals surface area (Å²) in [5.74, 6) is -0.0580. The van der Waals surface area contributed by atoms with Gasteiger partial charge in [0.05, 0.1) is 21.7 Å². The van der Waals surface area contributed by atoms with Crippen molar-refractivity contribution in [1.82, 2.24) is 9.80 Å². The molecular formula is C52H71BrClN3O2Sn. The Bertz CT molecular complexity index is 1940. The molecule has 5 nitrogen and oxygen atoms in total. The first kappa shape index (κ1) is 54.4. The number of benzene rings is 4. The van der Waals surface area contributed by atoms with Crippen LogP contribution in [0.4, 0.5) is 0 Å². The van der Waals surface area contributed by atoms with Crippen molar-refractivity contribution in [1.29, 1.82) is 5.26 Å². The zero-order chi connectivity index (χ0) is 43.8. The second-order valence-corrected chi connectivity index (χ2v) is 29.1. The minimum Gasteiger partial charge on any atom is -0.330 e. The third-order valence-electron chi connectivity index (χ3n) is 10.4. The number of carbonyl (C=O) groups excluding carboxylic acids is 2. The monoisotopic (exact) mass is 1000 g/mol. The summed E-state index contributed by atoms with van der Waals surface area (Å²) < 4.78 is 8.00. The van der Waals surface area contributed by atoms with Crippen molar-refractivity contribution in [3.05, 3.63) is 156 Å². The van der Waals surface area contributed by atoms with Crippen LogP contribution in [-0.4, -0.2) is 40.0 Å². The van der Waals surface area contributed by atoms with Gasteiger partial charge in [0.25, 0.3) is 11.8 Å². The molecule has 0 bridgehead atoms. The van der Waals surface area contributed by atoms with Gasteiger partial charge >= 0.3 is 102 Å². The molecule has 0 N–H and O–H groups in total. The van der Waals surface area contributed by atoms with Crippen molar-refractivity contribution in [2.75, 3.05) is 0 Å². The number of hydrogen-bond donors (Lipinski definition) is 0. The molecule has 2 aliphatic rings. The summed E-state index contributed by atoms with van der Waals surface area (Å²) in [5.41, 5.74) is 6.67. The molecule has 0 aliphatic carbocycles. The van der Waals surface area contributed by atoms with Gasteiger partial charge in [0.1, 0.15) is 6.07 Å². The predicted octanol–water partition coefficient (Wildman–Crippen LogP) is 15.9. The number of nitriles is 1. The van der Waals surface area contributed by atoms with Crippen LogP contribution >= 0.6 is 27.5 Å². The van der Waals surface area contributed by atoms with Crippen molar-refractivity contribution in [3.63, 3.8) is 0 Å². The molecule has 324 valence electrons. The van der Waals surface area contributed by atoms with E-state index < -0.39 is 18.4 Å². The fraction of sp³-hybridized carbons (Fsp3) is 0.404. The molecule has 0 aromatic heterocycles. The van der Waals surface area contributed by atoms with Crippen LogP contribution in [0.2, 0.25) is 18.3 Å². The van der Waals surface area contributed by atoms with Gasteiger partial charge in [0.2, 0.25) is 0 Å². The fourth-order valence-corrected chi connectivity index (χ4v) is 21.1. The second kappa shape index (κ2) is 29.6. The minimum atomic E-state index is -1.85. The van der Waals surface area contributed by atoms with E-state index in [4.69, 9.17) is 11.6 Å². The molecule has 6 rings (SSSR count). The smallest absolute Gasteiger partial charge is 0.256 e. The summed E-state index contributed by atoms with van der Waals surface area (Å²) in [4.78, 5) is 28.5. The summed E-state index contributed by atoms with van der Waals surface area (Å²) in [7, 11) is 0. The van der Waals surface area contributed by atoms with E-state index >= 15 is 0 Å². The predicted molar refractivity (Wildman–Crippen MR) is 265 cm³/mol. The van der Waals surface area contributed by atoms with Gasteiger partial charge in [-0.2, -0.15) is 5.26 Å². The Labute approximate surface area is 381 Å². The van der Waals surface area contributed by atoms with E-state index in [1.165, 1.54) is 38.5 Å². The Morgan fingerprint density at radius 3 is 1.55 bits per heavy atom. The van der Waals surface area contributed by atoms with E-state index in [0.717, 1.165) is 32.3 Å². The third-order valence-corrected chi connectivity index (χ3v) is 25.2. The van der Waals surface area contributed by atoms with Crippen LogP contribution in [0.15, 0.2) is 107 Å². The quantitative estimate of drug-likeness (QED) is 0.111. The van der Waals surface area contributed by atoms with Gasteiger partial charge in [0.15, 0.2) is 0 Å². The molecule has 0 unspecified atom stereocenters. The largest absolute Gasteiger partial charge is 0.330 e. The van der Waals surface area contributed by atoms with Crippen LogP contribution in [0.25, 0.3) is 6.08 Å². The van der Waals surface area contributed by atoms with Gasteiger partial charge in [-0.3, -0.25) is 9.59 Å². The Hall–Kier alpha value is -3.64. The van der Waals surface area contributed by atoms with E-state index in [0.29, 0.717) is 47.9 Å². The normalized spacial score (nSPS) is 12.0. The first-order valence-electron chi connectivity index (χ1n) is 21.6. The SMILES string of the molecule is C.C=Cc1cc(Cl)c2c(c1)CN(Cc1ccccc1)C2=O.C=[CH][Sn]([CH2]CCC)([CH2]CCC)[CH2]CCC.CC.CC.N#Cc1cc(Br)cc2c1C(=O)N(Cc1ccccc1)C2. The average Bonchev–Trinajstić information content (AvgIpc) is 3.76. The molecule has 0 saturated carbocycles. The third kappa shape index (κ3) is 16.0. The number of nitrogens with zero attached hydrogens (tertiary/aromatic N) is 3. The van der Waals surface area contributed by atoms with E-state index in [1.54, 1.807) is 36.4 Å². The van der Waals surface area contributed by atoms with Gasteiger partial charge in [-0.05, 0) is 52.1 Å². The number of rotatable bonds is 15. The molecule has 2 heterocycles. The van der Waals surface area contributed by atoms with Crippen LogP contribution in [0.3, 0.4) is 0 Å². The van der Waals surface area contributed by atoms with Gasteiger partial charge in [-0.25, -0.2) is 0 Å². The molecular weight excluding hydrogens is 933 g/mol. The Balaban J connectivity index is 0.000000434. The maximum atomic E-state index is 12.5. The van der Waals surface area contributed by atoms with E-state index in [2.05, 4.69) is 60.0 Å². The number of carbonyl (C=O) groups is 2. The molecule has 8 heteroatoms. The molecule has 0 radical (unpaired) electrons. The van der Waals surface area contributed by atoms with Crippen molar-refractivity contribution >= 4 is 63.8 Å². The first-order valence-corrected chi connectivity index (χ1v) is 30.5. The number of amides is 2. The minimum absolute atomic E-state index is 0. The van der Waals surface area contributed by atoms with Gasteiger partial charge in [-0.1, -0.05) is 136 Å². The van der Waals surface area contributed by atoms with E-state index in [9.17, 15) is 14.9 Å². The molecule has 4 aromatic carbocycles. The van der Waals surface area contributed by atoms with E-state index in [-0.39, 0.29) is 19.2 Å². The topological polar surface area (TPSA) is 64.4 Å². The second-order valence-electron chi connectivity index (χ2n) is 14.5. The standard InChI is InChI=1S/C17H14ClNO.C16H11BrN2O.3C4H9.2C2H6.C2H3.CH4.Sn/c1-2-12-8-14-11-19(10-13-6-4-3-5-7-13)17(20)16(14)15(18)9-12;17-14-6-12(8-18)15-13(7-14)10-19(16(15)20)9-11-4-2-1-3-5-11;3*1-3-4-2;3*1-2;;/h2-9H,1,10-11H2;1-7H,9-10H2;3*1,3-4H2,2H3;2*1-2H3;1H,2H2;1H4;. The van der Waals surface area contributed by atoms with E-state index in [1.807, 2.05) is 105 Å². The number of fused-ring (bicyclic) bond motifs is 2. The average molecular weight is 1000 g/mol. The Morgan fingerprint density at radius 2 is 1.15 bits per heavy atom.